The minimum absolute atomic E-state index is 0.356. The summed E-state index contributed by atoms with van der Waals surface area (Å²) in [6.45, 7) is 2.08. The molecular weight excluding hydrogens is 264 g/mol. The van der Waals surface area contributed by atoms with E-state index in [1.54, 1.807) is 0 Å². The Balaban J connectivity index is 1.46. The van der Waals surface area contributed by atoms with Gasteiger partial charge in [0, 0.05) is 12.7 Å². The molecule has 1 aromatic carbocycles. The van der Waals surface area contributed by atoms with E-state index in [1.807, 2.05) is 18.3 Å². The molecule has 4 nitrogen and oxygen atoms in total. The topological polar surface area (TPSA) is 43.4 Å². The lowest BCUT2D eigenvalue weighted by molar-refractivity contribution is 0.171. The van der Waals surface area contributed by atoms with Crippen molar-refractivity contribution in [2.24, 2.45) is 0 Å². The van der Waals surface area contributed by atoms with E-state index >= 15 is 0 Å². The van der Waals surface area contributed by atoms with Gasteiger partial charge in [-0.3, -0.25) is 4.98 Å². The number of rotatable bonds is 3. The number of aryl methyl sites for hydroxylation is 1. The molecule has 2 aliphatic rings. The van der Waals surface area contributed by atoms with Gasteiger partial charge in [0.25, 0.3) is 0 Å². The number of fused-ring (bicyclic) bond motifs is 2. The fourth-order valence-electron chi connectivity index (χ4n) is 3.05. The molecule has 1 unspecified atom stereocenters. The Morgan fingerprint density at radius 1 is 1.14 bits per heavy atom. The second kappa shape index (κ2) is 5.37. The summed E-state index contributed by atoms with van der Waals surface area (Å²) in [5.74, 6) is 1.70. The van der Waals surface area contributed by atoms with Crippen LogP contribution in [0.1, 0.15) is 29.3 Å². The minimum Gasteiger partial charge on any atom is -0.486 e. The van der Waals surface area contributed by atoms with Gasteiger partial charge in [-0.2, -0.15) is 0 Å². The van der Waals surface area contributed by atoms with Crippen LogP contribution in [-0.4, -0.2) is 18.2 Å². The van der Waals surface area contributed by atoms with Gasteiger partial charge >= 0.3 is 0 Å². The molecular formula is C17H18N2O2. The first-order valence-corrected chi connectivity index (χ1v) is 7.46. The zero-order chi connectivity index (χ0) is 14.1. The Morgan fingerprint density at radius 2 is 2.05 bits per heavy atom. The van der Waals surface area contributed by atoms with E-state index in [-0.39, 0.29) is 0 Å². The van der Waals surface area contributed by atoms with E-state index in [1.165, 1.54) is 16.8 Å². The van der Waals surface area contributed by atoms with Crippen molar-refractivity contribution in [3.63, 3.8) is 0 Å². The highest BCUT2D eigenvalue weighted by molar-refractivity contribution is 5.43. The number of aromatic nitrogens is 1. The lowest BCUT2D eigenvalue weighted by Gasteiger charge is -2.19. The lowest BCUT2D eigenvalue weighted by Crippen LogP contribution is -2.20. The van der Waals surface area contributed by atoms with Crippen molar-refractivity contribution in [2.45, 2.75) is 25.4 Å². The lowest BCUT2D eigenvalue weighted by atomic mass is 10.1. The predicted molar refractivity (Wildman–Crippen MR) is 79.6 cm³/mol. The molecule has 1 atom stereocenters. The molecule has 1 aliphatic heterocycles. The van der Waals surface area contributed by atoms with Crippen LogP contribution in [0, 0.1) is 0 Å². The molecule has 0 spiro atoms. The largest absolute Gasteiger partial charge is 0.486 e. The highest BCUT2D eigenvalue weighted by Crippen LogP contribution is 2.32. The van der Waals surface area contributed by atoms with Gasteiger partial charge in [-0.15, -0.1) is 0 Å². The standard InChI is InChI=1S/C17H18N2O2/c1-2-13-4-5-14(17(13)18-7-1)19-11-12-3-6-15-16(10-12)21-9-8-20-15/h1-3,6-7,10,14,19H,4-5,8-9,11H2. The van der Waals surface area contributed by atoms with Crippen LogP contribution in [-0.2, 0) is 13.0 Å². The third kappa shape index (κ3) is 2.47. The number of hydrogen-bond acceptors (Lipinski definition) is 4. The average molecular weight is 282 g/mol. The van der Waals surface area contributed by atoms with Crippen molar-refractivity contribution in [3.8, 4) is 11.5 Å². The number of hydrogen-bond donors (Lipinski definition) is 1. The summed E-state index contributed by atoms with van der Waals surface area (Å²) in [5, 5.41) is 3.60. The van der Waals surface area contributed by atoms with Gasteiger partial charge in [-0.25, -0.2) is 0 Å². The number of nitrogens with one attached hydrogen (secondary N) is 1. The number of nitrogens with zero attached hydrogens (tertiary/aromatic N) is 1. The van der Waals surface area contributed by atoms with Crippen molar-refractivity contribution < 1.29 is 9.47 Å². The van der Waals surface area contributed by atoms with Crippen molar-refractivity contribution in [3.05, 3.63) is 53.3 Å². The van der Waals surface area contributed by atoms with E-state index in [9.17, 15) is 0 Å². The number of pyridine rings is 1. The van der Waals surface area contributed by atoms with Crippen LogP contribution in [0.2, 0.25) is 0 Å². The highest BCUT2D eigenvalue weighted by Gasteiger charge is 2.23. The second-order valence-electron chi connectivity index (χ2n) is 5.50. The first-order valence-electron chi connectivity index (χ1n) is 7.46. The third-order valence-electron chi connectivity index (χ3n) is 4.12. The van der Waals surface area contributed by atoms with Crippen molar-refractivity contribution in [1.82, 2.24) is 10.3 Å². The predicted octanol–water partition coefficient (Wildman–Crippen LogP) is 2.63. The van der Waals surface area contributed by atoms with Crippen LogP contribution in [0.5, 0.6) is 11.5 Å². The van der Waals surface area contributed by atoms with Crippen LogP contribution in [0.25, 0.3) is 0 Å². The monoisotopic (exact) mass is 282 g/mol. The summed E-state index contributed by atoms with van der Waals surface area (Å²) in [6, 6.07) is 10.7. The first-order chi connectivity index (χ1) is 10.4. The summed E-state index contributed by atoms with van der Waals surface area (Å²) in [5.41, 5.74) is 3.79. The Bertz CT molecular complexity index is 657. The molecule has 0 fully saturated rings. The van der Waals surface area contributed by atoms with E-state index in [4.69, 9.17) is 9.47 Å². The number of ether oxygens (including phenoxy) is 2. The van der Waals surface area contributed by atoms with E-state index in [0.717, 1.165) is 30.9 Å². The molecule has 0 saturated carbocycles. The summed E-state index contributed by atoms with van der Waals surface area (Å²) >= 11 is 0. The summed E-state index contributed by atoms with van der Waals surface area (Å²) in [7, 11) is 0. The van der Waals surface area contributed by atoms with Crippen molar-refractivity contribution in [1.29, 1.82) is 0 Å². The van der Waals surface area contributed by atoms with Gasteiger partial charge in [0.2, 0.25) is 0 Å². The summed E-state index contributed by atoms with van der Waals surface area (Å²) in [6.07, 6.45) is 4.11. The maximum Gasteiger partial charge on any atom is 0.161 e. The van der Waals surface area contributed by atoms with E-state index in [2.05, 4.69) is 28.5 Å². The van der Waals surface area contributed by atoms with Gasteiger partial charge in [-0.05, 0) is 42.2 Å². The van der Waals surface area contributed by atoms with Gasteiger partial charge < -0.3 is 14.8 Å². The van der Waals surface area contributed by atoms with E-state index in [0.29, 0.717) is 19.3 Å². The Kier molecular flexibility index (Phi) is 3.24. The highest BCUT2D eigenvalue weighted by atomic mass is 16.6. The normalized spacial score (nSPS) is 19.3. The average Bonchev–Trinajstić information content (AvgIpc) is 2.96. The van der Waals surface area contributed by atoms with Gasteiger partial charge in [0.05, 0.1) is 11.7 Å². The maximum absolute atomic E-state index is 5.63. The smallest absolute Gasteiger partial charge is 0.161 e. The first kappa shape index (κ1) is 12.7. The Labute approximate surface area is 124 Å². The zero-order valence-electron chi connectivity index (χ0n) is 11.8. The zero-order valence-corrected chi connectivity index (χ0v) is 11.8. The summed E-state index contributed by atoms with van der Waals surface area (Å²) in [4.78, 5) is 4.52. The van der Waals surface area contributed by atoms with Crippen LogP contribution in [0.4, 0.5) is 0 Å². The SMILES string of the molecule is c1cnc2c(c1)CCC2NCc1ccc2c(c1)OCCO2. The molecule has 0 bridgehead atoms. The van der Waals surface area contributed by atoms with Crippen molar-refractivity contribution >= 4 is 0 Å². The molecule has 1 N–H and O–H groups in total. The molecule has 4 heteroatoms. The third-order valence-corrected chi connectivity index (χ3v) is 4.12. The molecule has 2 heterocycles. The van der Waals surface area contributed by atoms with Gasteiger partial charge in [-0.1, -0.05) is 12.1 Å². The molecule has 21 heavy (non-hydrogen) atoms. The maximum atomic E-state index is 5.63. The molecule has 108 valence electrons. The fourth-order valence-corrected chi connectivity index (χ4v) is 3.05. The van der Waals surface area contributed by atoms with Crippen LogP contribution in [0.3, 0.4) is 0 Å². The van der Waals surface area contributed by atoms with Crippen LogP contribution >= 0.6 is 0 Å². The molecule has 0 saturated heterocycles. The summed E-state index contributed by atoms with van der Waals surface area (Å²) < 4.78 is 11.2. The molecule has 0 radical (unpaired) electrons. The van der Waals surface area contributed by atoms with Crippen LogP contribution in [0.15, 0.2) is 36.5 Å². The van der Waals surface area contributed by atoms with Gasteiger partial charge in [0.15, 0.2) is 11.5 Å². The molecule has 1 aliphatic carbocycles. The molecule has 2 aromatic rings. The Hall–Kier alpha value is -2.07. The second-order valence-corrected chi connectivity index (χ2v) is 5.50. The molecule has 4 rings (SSSR count). The Morgan fingerprint density at radius 3 is 3.00 bits per heavy atom. The molecule has 1 aromatic heterocycles. The quantitative estimate of drug-likeness (QED) is 0.940. The fraction of sp³-hybridized carbons (Fsp3) is 0.353. The van der Waals surface area contributed by atoms with Crippen molar-refractivity contribution in [2.75, 3.05) is 13.2 Å². The minimum atomic E-state index is 0.356. The number of benzene rings is 1. The van der Waals surface area contributed by atoms with Gasteiger partial charge in [0.1, 0.15) is 13.2 Å². The molecule has 0 amide bonds. The van der Waals surface area contributed by atoms with E-state index < -0.39 is 0 Å². The van der Waals surface area contributed by atoms with Crippen LogP contribution < -0.4 is 14.8 Å².